The second-order valence-electron chi connectivity index (χ2n) is 19.4. The van der Waals surface area contributed by atoms with Crippen molar-refractivity contribution in [1.29, 1.82) is 0 Å². The SMILES string of the molecule is CC(C)(C)c1ccc(N2c3cc(-c4ccccc4)sc3B3c4sc(-c5ccccc5)cc4N(c4ccc(C(C)(C)C)cc4)c4cc(-n5c6ccccc6c6ccccc65)cc2c43)cc1. The van der Waals surface area contributed by atoms with Gasteiger partial charge >= 0.3 is 0 Å². The summed E-state index contributed by atoms with van der Waals surface area (Å²) in [6.45, 7) is 13.8. The first kappa shape index (κ1) is 39.0. The van der Waals surface area contributed by atoms with Crippen LogP contribution in [-0.4, -0.2) is 11.3 Å². The van der Waals surface area contributed by atoms with Gasteiger partial charge in [0.2, 0.25) is 0 Å². The van der Waals surface area contributed by atoms with Gasteiger partial charge in [-0.15, -0.1) is 22.7 Å². The molecule has 0 bridgehead atoms. The number of nitrogens with zero attached hydrogens (tertiary/aromatic N) is 3. The van der Waals surface area contributed by atoms with Gasteiger partial charge in [-0.2, -0.15) is 0 Å². The summed E-state index contributed by atoms with van der Waals surface area (Å²) in [6, 6.07) is 68.3. The summed E-state index contributed by atoms with van der Waals surface area (Å²) in [5.41, 5.74) is 17.3. The molecule has 0 N–H and O–H groups in total. The Morgan fingerprint density at radius 2 is 0.781 bits per heavy atom. The summed E-state index contributed by atoms with van der Waals surface area (Å²) >= 11 is 3.90. The predicted octanol–water partition coefficient (Wildman–Crippen LogP) is 14.9. The summed E-state index contributed by atoms with van der Waals surface area (Å²) in [5.74, 6) is 0. The number of para-hydroxylation sites is 2. The van der Waals surface area contributed by atoms with Crippen LogP contribution in [0.25, 0.3) is 48.4 Å². The fourth-order valence-corrected chi connectivity index (χ4v) is 12.7. The van der Waals surface area contributed by atoms with E-state index in [1.54, 1.807) is 0 Å². The standard InChI is InChI=1S/C58H48BN3S2/c1-57(2,3)39-25-29-41(30-26-39)60-48-33-43(62-46-23-15-13-21-44(46)45-22-14-16-24-47(45)62)34-49-54(48)59(55-50(60)35-52(63-55)37-17-9-7-10-18-37)56-51(36-53(64-56)38-19-11-8-12-20-38)61(49)42-31-27-40(28-32-42)58(4,5)6/h7-36H,1-6H3. The third kappa shape index (κ3) is 6.14. The van der Waals surface area contributed by atoms with E-state index in [-0.39, 0.29) is 17.5 Å². The molecule has 6 heteroatoms. The highest BCUT2D eigenvalue weighted by Gasteiger charge is 2.46. The van der Waals surface area contributed by atoms with E-state index in [1.807, 2.05) is 22.7 Å². The summed E-state index contributed by atoms with van der Waals surface area (Å²) in [7, 11) is 0. The zero-order valence-electron chi connectivity index (χ0n) is 37.1. The van der Waals surface area contributed by atoms with E-state index in [4.69, 9.17) is 0 Å². The van der Waals surface area contributed by atoms with Crippen LogP contribution in [0.3, 0.4) is 0 Å². The van der Waals surface area contributed by atoms with Crippen molar-refractivity contribution < 1.29 is 0 Å². The Kier molecular flexibility index (Phi) is 8.82. The average molecular weight is 862 g/mol. The van der Waals surface area contributed by atoms with Crippen molar-refractivity contribution in [3.05, 3.63) is 193 Å². The second-order valence-corrected chi connectivity index (χ2v) is 21.6. The highest BCUT2D eigenvalue weighted by atomic mass is 32.1. The first-order chi connectivity index (χ1) is 31.0. The lowest BCUT2D eigenvalue weighted by Crippen LogP contribution is -2.59. The first-order valence-electron chi connectivity index (χ1n) is 22.4. The summed E-state index contributed by atoms with van der Waals surface area (Å²) < 4.78 is 5.25. The van der Waals surface area contributed by atoms with Gasteiger partial charge in [0, 0.05) is 52.8 Å². The molecular weight excluding hydrogens is 814 g/mol. The van der Waals surface area contributed by atoms with Crippen molar-refractivity contribution in [3.63, 3.8) is 0 Å². The van der Waals surface area contributed by atoms with Crippen molar-refractivity contribution in [2.24, 2.45) is 0 Å². The molecule has 64 heavy (non-hydrogen) atoms. The van der Waals surface area contributed by atoms with Crippen LogP contribution in [0.2, 0.25) is 0 Å². The lowest BCUT2D eigenvalue weighted by Gasteiger charge is -2.42. The van der Waals surface area contributed by atoms with Gasteiger partial charge in [-0.3, -0.25) is 0 Å². The zero-order valence-corrected chi connectivity index (χ0v) is 38.7. The van der Waals surface area contributed by atoms with Gasteiger partial charge in [-0.1, -0.05) is 163 Å². The van der Waals surface area contributed by atoms with Crippen LogP contribution in [0.1, 0.15) is 52.7 Å². The number of rotatable bonds is 5. The van der Waals surface area contributed by atoms with Crippen LogP contribution in [0.5, 0.6) is 0 Å². The maximum atomic E-state index is 2.58. The molecule has 0 saturated heterocycles. The molecule has 0 amide bonds. The summed E-state index contributed by atoms with van der Waals surface area (Å²) in [4.78, 5) is 7.71. The fourth-order valence-electron chi connectivity index (χ4n) is 10.1. The van der Waals surface area contributed by atoms with Crippen molar-refractivity contribution in [2.75, 3.05) is 9.80 Å². The molecule has 12 rings (SSSR count). The molecular formula is C58H48BN3S2. The van der Waals surface area contributed by atoms with E-state index in [2.05, 4.69) is 238 Å². The highest BCUT2D eigenvalue weighted by molar-refractivity contribution is 7.38. The second kappa shape index (κ2) is 14.5. The molecule has 7 aromatic carbocycles. The van der Waals surface area contributed by atoms with Gasteiger partial charge in [0.15, 0.2) is 0 Å². The number of hydrogen-bond donors (Lipinski definition) is 0. The number of thiophene rings is 2. The number of aromatic nitrogens is 1. The van der Waals surface area contributed by atoms with E-state index < -0.39 is 0 Å². The Balaban J connectivity index is 1.21. The van der Waals surface area contributed by atoms with Crippen molar-refractivity contribution in [1.82, 2.24) is 4.57 Å². The molecule has 2 aliphatic heterocycles. The van der Waals surface area contributed by atoms with Gasteiger partial charge in [0.05, 0.1) is 28.1 Å². The smallest absolute Gasteiger partial charge is 0.277 e. The normalized spacial score (nSPS) is 13.4. The van der Waals surface area contributed by atoms with Crippen molar-refractivity contribution in [2.45, 2.75) is 52.4 Å². The topological polar surface area (TPSA) is 11.4 Å². The molecule has 0 spiro atoms. The number of hydrogen-bond acceptors (Lipinski definition) is 4. The summed E-state index contributed by atoms with van der Waals surface area (Å²) in [6.07, 6.45) is 0. The molecule has 0 fully saturated rings. The fraction of sp³-hybridized carbons (Fsp3) is 0.138. The molecule has 310 valence electrons. The number of fused-ring (bicyclic) bond motifs is 7. The number of benzene rings is 7. The van der Waals surface area contributed by atoms with Gasteiger partial charge in [0.1, 0.15) is 0 Å². The highest BCUT2D eigenvalue weighted by Crippen LogP contribution is 2.50. The predicted molar refractivity (Wildman–Crippen MR) is 279 cm³/mol. The maximum Gasteiger partial charge on any atom is 0.277 e. The Bertz CT molecular complexity index is 3180. The molecule has 2 aliphatic rings. The van der Waals surface area contributed by atoms with Gasteiger partial charge in [-0.05, 0) is 99.2 Å². The first-order valence-corrected chi connectivity index (χ1v) is 24.0. The zero-order chi connectivity index (χ0) is 43.5. The molecule has 10 aromatic rings. The van der Waals surface area contributed by atoms with E-state index >= 15 is 0 Å². The average Bonchev–Trinajstić information content (AvgIpc) is 4.04. The van der Waals surface area contributed by atoms with Crippen molar-refractivity contribution in [3.8, 4) is 26.6 Å². The Hall–Kier alpha value is -6.60. The lowest BCUT2D eigenvalue weighted by molar-refractivity contribution is 0.590. The maximum absolute atomic E-state index is 2.58. The Morgan fingerprint density at radius 3 is 1.19 bits per heavy atom. The van der Waals surface area contributed by atoms with E-state index in [9.17, 15) is 0 Å². The minimum Gasteiger partial charge on any atom is -0.311 e. The number of anilines is 6. The minimum absolute atomic E-state index is 0.0299. The molecule has 0 aliphatic carbocycles. The third-order valence-corrected chi connectivity index (χ3v) is 15.8. The van der Waals surface area contributed by atoms with E-state index in [1.165, 1.54) is 91.6 Å². The molecule has 3 aromatic heterocycles. The third-order valence-electron chi connectivity index (χ3n) is 13.3. The van der Waals surface area contributed by atoms with Crippen LogP contribution in [0, 0.1) is 0 Å². The van der Waals surface area contributed by atoms with Crippen molar-refractivity contribution >= 4 is 100 Å². The molecule has 5 heterocycles. The van der Waals surface area contributed by atoms with Crippen LogP contribution in [0.15, 0.2) is 182 Å². The van der Waals surface area contributed by atoms with Gasteiger partial charge in [-0.25, -0.2) is 0 Å². The Labute approximate surface area is 384 Å². The van der Waals surface area contributed by atoms with Crippen LogP contribution in [-0.2, 0) is 10.8 Å². The lowest BCUT2D eigenvalue weighted by atomic mass is 9.39. The molecule has 0 unspecified atom stereocenters. The molecule has 0 radical (unpaired) electrons. The molecule has 3 nitrogen and oxygen atoms in total. The van der Waals surface area contributed by atoms with E-state index in [0.29, 0.717) is 0 Å². The minimum atomic E-state index is 0.0299. The Morgan fingerprint density at radius 1 is 0.391 bits per heavy atom. The monoisotopic (exact) mass is 861 g/mol. The van der Waals surface area contributed by atoms with Crippen LogP contribution < -0.4 is 24.8 Å². The molecule has 0 saturated carbocycles. The van der Waals surface area contributed by atoms with E-state index in [0.717, 1.165) is 17.1 Å². The van der Waals surface area contributed by atoms with Crippen LogP contribution in [0.4, 0.5) is 34.1 Å². The van der Waals surface area contributed by atoms with Crippen LogP contribution >= 0.6 is 22.7 Å². The van der Waals surface area contributed by atoms with Gasteiger partial charge < -0.3 is 14.4 Å². The quantitative estimate of drug-likeness (QED) is 0.160. The summed E-state index contributed by atoms with van der Waals surface area (Å²) in [5, 5.41) is 2.51. The largest absolute Gasteiger partial charge is 0.311 e. The van der Waals surface area contributed by atoms with Gasteiger partial charge in [0.25, 0.3) is 6.71 Å². The molecule has 0 atom stereocenters.